The maximum Gasteiger partial charge on any atom is 0.351 e. The second-order valence-corrected chi connectivity index (χ2v) is 9.61. The van der Waals surface area contributed by atoms with Crippen LogP contribution >= 0.6 is 0 Å². The van der Waals surface area contributed by atoms with E-state index < -0.39 is 36.8 Å². The molecule has 9 heteroatoms. The van der Waals surface area contributed by atoms with Gasteiger partial charge >= 0.3 is 5.69 Å². The van der Waals surface area contributed by atoms with E-state index in [0.29, 0.717) is 6.42 Å². The molecule has 2 heterocycles. The summed E-state index contributed by atoms with van der Waals surface area (Å²) in [5.74, 6) is -0.0778. The maximum absolute atomic E-state index is 12.3. The normalized spacial score (nSPS) is 21.9. The van der Waals surface area contributed by atoms with Crippen LogP contribution in [-0.2, 0) is 9.53 Å². The number of aromatic nitrogens is 2. The van der Waals surface area contributed by atoms with Gasteiger partial charge in [-0.1, -0.05) is 70.4 Å². The van der Waals surface area contributed by atoms with Crippen LogP contribution in [0.2, 0.25) is 0 Å². The number of aliphatic hydroxyl groups is 3. The van der Waals surface area contributed by atoms with Crippen LogP contribution in [0.5, 0.6) is 0 Å². The zero-order valence-corrected chi connectivity index (χ0v) is 21.7. The van der Waals surface area contributed by atoms with Crippen molar-refractivity contribution in [3.63, 3.8) is 0 Å². The van der Waals surface area contributed by atoms with Crippen LogP contribution in [0.4, 0.5) is 5.82 Å². The highest BCUT2D eigenvalue weighted by molar-refractivity contribution is 5.89. The smallest absolute Gasteiger partial charge is 0.351 e. The van der Waals surface area contributed by atoms with Crippen molar-refractivity contribution in [2.75, 3.05) is 11.9 Å². The van der Waals surface area contributed by atoms with Crippen molar-refractivity contribution in [2.45, 2.75) is 121 Å². The lowest BCUT2D eigenvalue weighted by molar-refractivity contribution is -0.116. The van der Waals surface area contributed by atoms with Gasteiger partial charge in [-0.3, -0.25) is 9.36 Å². The summed E-state index contributed by atoms with van der Waals surface area (Å²) in [6.07, 6.45) is 17.0. The number of ether oxygens (including phenoxy) is 1. The lowest BCUT2D eigenvalue weighted by Crippen LogP contribution is -2.36. The maximum atomic E-state index is 12.3. The molecule has 0 aliphatic carbocycles. The number of carbonyl (C=O) groups is 1. The first-order valence-corrected chi connectivity index (χ1v) is 13.6. The quantitative estimate of drug-likeness (QED) is 0.175. The lowest BCUT2D eigenvalue weighted by Gasteiger charge is -2.17. The van der Waals surface area contributed by atoms with Gasteiger partial charge in [-0.05, 0) is 38.2 Å². The molecule has 0 radical (unpaired) electrons. The van der Waals surface area contributed by atoms with E-state index in [1.165, 1.54) is 63.6 Å². The summed E-state index contributed by atoms with van der Waals surface area (Å²) in [5.41, 5.74) is -0.733. The Balaban J connectivity index is 1.55. The third-order valence-electron chi connectivity index (χ3n) is 6.55. The highest BCUT2D eigenvalue weighted by Crippen LogP contribution is 2.28. The number of amides is 1. The Morgan fingerprint density at radius 3 is 2.19 bits per heavy atom. The molecular weight excluding hydrogens is 462 g/mol. The number of rotatable bonds is 18. The second-order valence-electron chi connectivity index (χ2n) is 9.61. The SMILES string of the molecule is CCCCCCCC/C=C/CCCCCCCC(=O)Nc1ccn([C@@H]2O[C@H](CO)[C@@H](O)[C@@H]2O)c(=O)n1. The van der Waals surface area contributed by atoms with E-state index >= 15 is 0 Å². The fourth-order valence-corrected chi connectivity index (χ4v) is 4.35. The van der Waals surface area contributed by atoms with Gasteiger partial charge in [0.1, 0.15) is 24.1 Å². The number of hydrogen-bond donors (Lipinski definition) is 4. The molecule has 1 aromatic heterocycles. The molecule has 0 unspecified atom stereocenters. The summed E-state index contributed by atoms with van der Waals surface area (Å²) in [5, 5.41) is 31.7. The molecule has 0 saturated carbocycles. The standard InChI is InChI=1S/C27H45N3O6/c1-2-3-4-5-6-7-8-9-10-11-12-13-14-15-16-17-23(32)28-22-18-19-30(27(35)29-22)26-25(34)24(33)21(20-31)36-26/h9-10,18-19,21,24-26,31,33-34H,2-8,11-17,20H2,1H3,(H,28,29,32,35)/b10-9+/t21-,24-,25+,26-/m1/s1. The summed E-state index contributed by atoms with van der Waals surface area (Å²) in [7, 11) is 0. The average molecular weight is 508 g/mol. The summed E-state index contributed by atoms with van der Waals surface area (Å²) < 4.78 is 6.37. The first kappa shape index (κ1) is 30.2. The number of hydrogen-bond acceptors (Lipinski definition) is 7. The molecule has 36 heavy (non-hydrogen) atoms. The van der Waals surface area contributed by atoms with Gasteiger partial charge in [-0.2, -0.15) is 4.98 Å². The van der Waals surface area contributed by atoms with Gasteiger partial charge in [0.25, 0.3) is 0 Å². The number of nitrogens with one attached hydrogen (secondary N) is 1. The van der Waals surface area contributed by atoms with E-state index in [1.807, 2.05) is 0 Å². The van der Waals surface area contributed by atoms with Gasteiger partial charge in [-0.15, -0.1) is 0 Å². The van der Waals surface area contributed by atoms with Gasteiger partial charge in [0.05, 0.1) is 6.61 Å². The first-order chi connectivity index (χ1) is 17.5. The van der Waals surface area contributed by atoms with Crippen LogP contribution < -0.4 is 11.0 Å². The number of allylic oxidation sites excluding steroid dienone is 2. The molecule has 1 aliphatic rings. The fourth-order valence-electron chi connectivity index (χ4n) is 4.35. The highest BCUT2D eigenvalue weighted by Gasteiger charge is 2.43. The molecule has 0 spiro atoms. The van der Waals surface area contributed by atoms with Crippen LogP contribution in [0.25, 0.3) is 0 Å². The number of unbranched alkanes of at least 4 members (excludes halogenated alkanes) is 11. The van der Waals surface area contributed by atoms with E-state index in [4.69, 9.17) is 4.74 Å². The minimum Gasteiger partial charge on any atom is -0.394 e. The largest absolute Gasteiger partial charge is 0.394 e. The first-order valence-electron chi connectivity index (χ1n) is 13.6. The number of anilines is 1. The molecule has 0 aromatic carbocycles. The minimum atomic E-state index is -1.37. The Morgan fingerprint density at radius 2 is 1.61 bits per heavy atom. The van der Waals surface area contributed by atoms with Gasteiger partial charge in [0.15, 0.2) is 6.23 Å². The molecule has 1 fully saturated rings. The van der Waals surface area contributed by atoms with E-state index in [0.717, 1.165) is 36.7 Å². The summed E-state index contributed by atoms with van der Waals surface area (Å²) in [6, 6.07) is 1.44. The van der Waals surface area contributed by atoms with Crippen molar-refractivity contribution >= 4 is 11.7 Å². The van der Waals surface area contributed by atoms with Crippen molar-refractivity contribution in [3.8, 4) is 0 Å². The monoisotopic (exact) mass is 507 g/mol. The molecule has 1 amide bonds. The molecule has 1 aromatic rings. The van der Waals surface area contributed by atoms with Crippen LogP contribution in [0.3, 0.4) is 0 Å². The Bertz CT molecular complexity index is 843. The molecule has 9 nitrogen and oxygen atoms in total. The zero-order chi connectivity index (χ0) is 26.2. The van der Waals surface area contributed by atoms with E-state index in [1.54, 1.807) is 0 Å². The molecule has 204 valence electrons. The van der Waals surface area contributed by atoms with Crippen molar-refractivity contribution in [1.82, 2.24) is 9.55 Å². The minimum absolute atomic E-state index is 0.126. The highest BCUT2D eigenvalue weighted by atomic mass is 16.6. The summed E-state index contributed by atoms with van der Waals surface area (Å²) in [6.45, 7) is 1.76. The van der Waals surface area contributed by atoms with Crippen LogP contribution in [0, 0.1) is 0 Å². The number of carbonyl (C=O) groups excluding carboxylic acids is 1. The Kier molecular flexibility index (Phi) is 14.6. The van der Waals surface area contributed by atoms with E-state index in [-0.39, 0.29) is 11.7 Å². The fraction of sp³-hybridized carbons (Fsp3) is 0.741. The predicted molar refractivity (Wildman–Crippen MR) is 140 cm³/mol. The van der Waals surface area contributed by atoms with Crippen LogP contribution in [-0.4, -0.2) is 55.7 Å². The van der Waals surface area contributed by atoms with Crippen molar-refractivity contribution in [3.05, 3.63) is 34.9 Å². The Labute approximate surface area is 214 Å². The summed E-state index contributed by atoms with van der Waals surface area (Å²) >= 11 is 0. The average Bonchev–Trinajstić information content (AvgIpc) is 3.15. The van der Waals surface area contributed by atoms with Gasteiger partial charge in [0.2, 0.25) is 5.91 Å². The molecule has 2 rings (SSSR count). The number of aliphatic hydroxyl groups excluding tert-OH is 3. The van der Waals surface area contributed by atoms with Gasteiger partial charge < -0.3 is 25.4 Å². The molecular formula is C27H45N3O6. The van der Waals surface area contributed by atoms with E-state index in [2.05, 4.69) is 29.4 Å². The van der Waals surface area contributed by atoms with Crippen LogP contribution in [0.15, 0.2) is 29.2 Å². The van der Waals surface area contributed by atoms with Crippen molar-refractivity contribution < 1.29 is 24.9 Å². The molecule has 4 N–H and O–H groups in total. The lowest BCUT2D eigenvalue weighted by atomic mass is 10.1. The van der Waals surface area contributed by atoms with Crippen LogP contribution in [0.1, 0.15) is 103 Å². The topological polar surface area (TPSA) is 134 Å². The third kappa shape index (κ3) is 10.5. The number of nitrogens with zero attached hydrogens (tertiary/aromatic N) is 2. The predicted octanol–water partition coefficient (Wildman–Crippen LogP) is 3.83. The van der Waals surface area contributed by atoms with E-state index in [9.17, 15) is 24.9 Å². The molecule has 0 bridgehead atoms. The Morgan fingerprint density at radius 1 is 1.00 bits per heavy atom. The third-order valence-corrected chi connectivity index (χ3v) is 6.55. The Hall–Kier alpha value is -2.07. The molecule has 1 saturated heterocycles. The van der Waals surface area contributed by atoms with Gasteiger partial charge in [-0.25, -0.2) is 4.79 Å². The molecule has 1 aliphatic heterocycles. The van der Waals surface area contributed by atoms with Gasteiger partial charge in [0, 0.05) is 12.6 Å². The van der Waals surface area contributed by atoms with Crippen molar-refractivity contribution in [2.24, 2.45) is 0 Å². The zero-order valence-electron chi connectivity index (χ0n) is 21.7. The summed E-state index contributed by atoms with van der Waals surface area (Å²) in [4.78, 5) is 28.3. The second kappa shape index (κ2) is 17.4. The van der Waals surface area contributed by atoms with Crippen molar-refractivity contribution in [1.29, 1.82) is 0 Å². The molecule has 4 atom stereocenters.